The van der Waals surface area contributed by atoms with E-state index in [2.05, 4.69) is 34.2 Å². The standard InChI is InChI=1S/C90H82N6O8P2/c1-65-41-45-77(91-61-65)81-37-19-39-83(95-81)79-47-43-67(63-93-79)23-21-49-99-51-53-101-55-57-103-89-85(105(97,71-27-7-3-8-28-71)72-29-9-4-10-30-72)59-69-25-15-17-35-75(69)87(89)88-76-36-18-16-26-70(76)60-86(106(98,73-31-11-5-12-32-73)74-33-13-6-14-34-74)90(88)104-58-56-102-54-52-100-50-22-24-68-44-48-80(94-64-68)84-40-20-38-82(96-84)78-46-42-66(2)62-92-78/h3-20,25-48,59-64H,21-24,49-58H2,1-2H3. The van der Waals surface area contributed by atoms with Crippen LogP contribution in [0.25, 0.3) is 78.2 Å². The Kier molecular flexibility index (Phi) is 23.6. The van der Waals surface area contributed by atoms with Crippen LogP contribution in [0.5, 0.6) is 11.5 Å². The third kappa shape index (κ3) is 16.7. The van der Waals surface area contributed by atoms with Gasteiger partial charge in [0, 0.05) is 70.3 Å². The smallest absolute Gasteiger partial charge is 0.174 e. The lowest BCUT2D eigenvalue weighted by Gasteiger charge is -2.29. The van der Waals surface area contributed by atoms with Gasteiger partial charge >= 0.3 is 0 Å². The fourth-order valence-corrected chi connectivity index (χ4v) is 18.9. The summed E-state index contributed by atoms with van der Waals surface area (Å²) in [5.74, 6) is 0.777. The van der Waals surface area contributed by atoms with Gasteiger partial charge in [-0.15, -0.1) is 0 Å². The fraction of sp³-hybridized carbons (Fsp3) is 0.178. The van der Waals surface area contributed by atoms with Gasteiger partial charge < -0.3 is 37.6 Å². The summed E-state index contributed by atoms with van der Waals surface area (Å²) in [6.07, 6.45) is 10.7. The topological polar surface area (TPSA) is 167 Å². The van der Waals surface area contributed by atoms with Crippen LogP contribution in [0.1, 0.15) is 35.1 Å². The van der Waals surface area contributed by atoms with Crippen LogP contribution in [0.3, 0.4) is 0 Å². The third-order valence-corrected chi connectivity index (χ3v) is 24.7. The SMILES string of the molecule is Cc1ccc(-c2cccc(-c3ccc(CCCOCCOCCOc4c(P(=O)(c5ccccc5)c5ccccc5)cc5ccccc5c4-c4c(OCCOCCOCCCc5ccc(-c6cccc(-c7ccc(C)cn7)n6)nc5)c(P(=O)(c5ccccc5)c5ccccc5)cc5ccccc45)cn3)n2)nc1. The number of ether oxygens (including phenoxy) is 6. The van der Waals surface area contributed by atoms with Gasteiger partial charge in [0.05, 0.1) is 95.8 Å². The van der Waals surface area contributed by atoms with Crippen molar-refractivity contribution in [2.75, 3.05) is 66.1 Å². The van der Waals surface area contributed by atoms with Crippen molar-refractivity contribution in [3.8, 4) is 68.2 Å². The molecule has 530 valence electrons. The molecule has 8 aromatic carbocycles. The van der Waals surface area contributed by atoms with Crippen molar-refractivity contribution in [3.05, 3.63) is 314 Å². The molecule has 0 radical (unpaired) electrons. The van der Waals surface area contributed by atoms with Crippen LogP contribution in [-0.4, -0.2) is 96.0 Å². The normalized spacial score (nSPS) is 11.7. The Morgan fingerprint density at radius 3 is 0.934 bits per heavy atom. The van der Waals surface area contributed by atoms with Crippen LogP contribution < -0.4 is 41.3 Å². The summed E-state index contributed by atoms with van der Waals surface area (Å²) < 4.78 is 74.0. The average molecular weight is 1440 g/mol. The highest BCUT2D eigenvalue weighted by molar-refractivity contribution is 7.86. The van der Waals surface area contributed by atoms with Gasteiger partial charge in [0.15, 0.2) is 14.3 Å². The molecule has 0 aliphatic carbocycles. The minimum atomic E-state index is -3.82. The van der Waals surface area contributed by atoms with E-state index in [0.717, 1.165) is 115 Å². The van der Waals surface area contributed by atoms with Crippen molar-refractivity contribution < 1.29 is 37.6 Å². The molecule has 14 aromatic rings. The highest BCUT2D eigenvalue weighted by Gasteiger charge is 2.39. The number of hydrogen-bond donors (Lipinski definition) is 0. The Morgan fingerprint density at radius 1 is 0.292 bits per heavy atom. The second-order valence-corrected chi connectivity index (χ2v) is 31.4. The monoisotopic (exact) mass is 1440 g/mol. The number of benzene rings is 8. The summed E-state index contributed by atoms with van der Waals surface area (Å²) in [6.45, 7) is 7.01. The van der Waals surface area contributed by atoms with Crippen molar-refractivity contribution in [3.63, 3.8) is 0 Å². The Morgan fingerprint density at radius 2 is 0.604 bits per heavy atom. The zero-order valence-corrected chi connectivity index (χ0v) is 61.2. The number of hydrogen-bond acceptors (Lipinski definition) is 14. The number of aryl methyl sites for hydroxylation is 4. The molecular weight excluding hydrogens is 1350 g/mol. The summed E-state index contributed by atoms with van der Waals surface area (Å²) in [6, 6.07) is 86.9. The molecule has 0 unspecified atom stereocenters. The zero-order valence-electron chi connectivity index (χ0n) is 59.5. The van der Waals surface area contributed by atoms with Gasteiger partial charge in [0.1, 0.15) is 24.7 Å². The quantitative estimate of drug-likeness (QED) is 0.0281. The van der Waals surface area contributed by atoms with Gasteiger partial charge in [-0.2, -0.15) is 0 Å². The molecular formula is C90H82N6O8P2. The van der Waals surface area contributed by atoms with E-state index in [1.54, 1.807) is 0 Å². The van der Waals surface area contributed by atoms with E-state index in [-0.39, 0.29) is 26.4 Å². The summed E-state index contributed by atoms with van der Waals surface area (Å²) >= 11 is 0. The van der Waals surface area contributed by atoms with Crippen molar-refractivity contribution in [2.45, 2.75) is 39.5 Å². The maximum Gasteiger partial charge on any atom is 0.174 e. The summed E-state index contributed by atoms with van der Waals surface area (Å²) in [7, 11) is -7.65. The Balaban J connectivity index is 0.718. The van der Waals surface area contributed by atoms with Crippen LogP contribution in [0.15, 0.2) is 292 Å². The zero-order chi connectivity index (χ0) is 72.3. The van der Waals surface area contributed by atoms with Gasteiger partial charge in [-0.1, -0.05) is 206 Å². The molecule has 0 fully saturated rings. The van der Waals surface area contributed by atoms with Gasteiger partial charge in [0.25, 0.3) is 0 Å². The first kappa shape index (κ1) is 72.0. The lowest BCUT2D eigenvalue weighted by atomic mass is 9.92. The van der Waals surface area contributed by atoms with Gasteiger partial charge in [-0.25, -0.2) is 9.97 Å². The number of rotatable bonds is 33. The molecule has 0 saturated carbocycles. The highest BCUT2D eigenvalue weighted by Crippen LogP contribution is 2.55. The van der Waals surface area contributed by atoms with Crippen LogP contribution in [0.2, 0.25) is 0 Å². The van der Waals surface area contributed by atoms with Crippen molar-refractivity contribution in [2.24, 2.45) is 0 Å². The Labute approximate surface area is 619 Å². The van der Waals surface area contributed by atoms with E-state index in [1.165, 1.54) is 0 Å². The van der Waals surface area contributed by atoms with Crippen molar-refractivity contribution in [1.82, 2.24) is 29.9 Å². The van der Waals surface area contributed by atoms with Crippen LogP contribution in [0.4, 0.5) is 0 Å². The second-order valence-electron chi connectivity index (χ2n) is 25.9. The molecule has 6 aromatic heterocycles. The first-order valence-corrected chi connectivity index (χ1v) is 39.4. The number of pyridine rings is 6. The van der Waals surface area contributed by atoms with Crippen LogP contribution >= 0.6 is 14.3 Å². The molecule has 0 N–H and O–H groups in total. The molecule has 14 rings (SSSR count). The molecule has 0 atom stereocenters. The predicted octanol–water partition coefficient (Wildman–Crippen LogP) is 16.7. The van der Waals surface area contributed by atoms with Gasteiger partial charge in [-0.3, -0.25) is 19.9 Å². The molecule has 16 heteroatoms. The fourth-order valence-electron chi connectivity index (χ4n) is 13.2. The summed E-state index contributed by atoms with van der Waals surface area (Å²) in [5.41, 5.74) is 12.1. The second kappa shape index (κ2) is 34.8. The van der Waals surface area contributed by atoms with Crippen molar-refractivity contribution >= 4 is 67.7 Å². The lowest BCUT2D eigenvalue weighted by molar-refractivity contribution is 0.0357. The molecule has 14 nitrogen and oxygen atoms in total. The van der Waals surface area contributed by atoms with Gasteiger partial charge in [-0.05, 0) is 144 Å². The third-order valence-electron chi connectivity index (χ3n) is 18.6. The van der Waals surface area contributed by atoms with Crippen LogP contribution in [-0.2, 0) is 40.9 Å². The molecule has 0 aliphatic rings. The lowest BCUT2D eigenvalue weighted by Crippen LogP contribution is -2.28. The number of fused-ring (bicyclic) bond motifs is 2. The average Bonchev–Trinajstić information content (AvgIpc) is 0.712. The maximum atomic E-state index is 17.2. The minimum Gasteiger partial charge on any atom is -0.490 e. The minimum absolute atomic E-state index is 0.0789. The Hall–Kier alpha value is -10.9. The van der Waals surface area contributed by atoms with Crippen molar-refractivity contribution in [1.29, 1.82) is 0 Å². The van der Waals surface area contributed by atoms with Gasteiger partial charge in [0.2, 0.25) is 0 Å². The van der Waals surface area contributed by atoms with E-state index in [0.29, 0.717) is 94.1 Å². The molecule has 0 spiro atoms. The largest absolute Gasteiger partial charge is 0.490 e. The predicted molar refractivity (Wildman–Crippen MR) is 427 cm³/mol. The Bertz CT molecular complexity index is 4920. The molecule has 0 bridgehead atoms. The molecule has 6 heterocycles. The van der Waals surface area contributed by atoms with Crippen LogP contribution in [0, 0.1) is 13.8 Å². The first-order chi connectivity index (χ1) is 52.2. The molecule has 106 heavy (non-hydrogen) atoms. The molecule has 0 amide bonds. The molecule has 0 aliphatic heterocycles. The summed E-state index contributed by atoms with van der Waals surface area (Å²) in [5, 5.41) is 6.79. The molecule has 0 saturated heterocycles. The first-order valence-electron chi connectivity index (χ1n) is 36.0. The van der Waals surface area contributed by atoms with E-state index < -0.39 is 14.3 Å². The summed E-state index contributed by atoms with van der Waals surface area (Å²) in [4.78, 5) is 28.4. The van der Waals surface area contributed by atoms with E-state index in [9.17, 15) is 0 Å². The number of nitrogens with zero attached hydrogens (tertiary/aromatic N) is 6. The van der Waals surface area contributed by atoms with E-state index in [4.69, 9.17) is 48.4 Å². The highest BCUT2D eigenvalue weighted by atomic mass is 31.2. The number of aromatic nitrogens is 6. The van der Waals surface area contributed by atoms with E-state index in [1.807, 2.05) is 281 Å². The maximum absolute atomic E-state index is 17.2. The van der Waals surface area contributed by atoms with E-state index >= 15 is 9.13 Å².